The van der Waals surface area contributed by atoms with Crippen molar-refractivity contribution in [3.63, 3.8) is 0 Å². The molecule has 0 aromatic heterocycles. The number of ether oxygens (including phenoxy) is 1. The quantitative estimate of drug-likeness (QED) is 0.516. The number of aliphatic hydroxyl groups is 1. The van der Waals surface area contributed by atoms with Crippen LogP contribution in [0.4, 0.5) is 0 Å². The SMILES string of the molecule is C=C(O)C/C(C)=C/C=C(\C)OC. The van der Waals surface area contributed by atoms with Crippen LogP contribution >= 0.6 is 0 Å². The predicted octanol–water partition coefficient (Wildman–Crippen LogP) is 2.94. The molecule has 0 rings (SSSR count). The molecule has 0 aromatic rings. The van der Waals surface area contributed by atoms with Crippen LogP contribution in [0.25, 0.3) is 0 Å². The van der Waals surface area contributed by atoms with Gasteiger partial charge in [-0.25, -0.2) is 0 Å². The molecule has 0 aromatic carbocycles. The first kappa shape index (κ1) is 10.8. The first-order chi connectivity index (χ1) is 5.56. The summed E-state index contributed by atoms with van der Waals surface area (Å²) in [7, 11) is 1.62. The van der Waals surface area contributed by atoms with E-state index in [0.717, 1.165) is 11.3 Å². The lowest BCUT2D eigenvalue weighted by Crippen LogP contribution is -1.81. The van der Waals surface area contributed by atoms with Crippen molar-refractivity contribution in [1.82, 2.24) is 0 Å². The van der Waals surface area contributed by atoms with Gasteiger partial charge in [0.25, 0.3) is 0 Å². The predicted molar refractivity (Wildman–Crippen MR) is 50.9 cm³/mol. The van der Waals surface area contributed by atoms with Crippen molar-refractivity contribution in [2.45, 2.75) is 20.3 Å². The van der Waals surface area contributed by atoms with E-state index in [0.29, 0.717) is 6.42 Å². The lowest BCUT2D eigenvalue weighted by Gasteiger charge is -1.98. The Morgan fingerprint density at radius 2 is 2.00 bits per heavy atom. The molecule has 0 unspecified atom stereocenters. The third kappa shape index (κ3) is 5.59. The first-order valence-electron chi connectivity index (χ1n) is 3.81. The Hall–Kier alpha value is -1.18. The summed E-state index contributed by atoms with van der Waals surface area (Å²) < 4.78 is 4.94. The van der Waals surface area contributed by atoms with Gasteiger partial charge in [0.05, 0.1) is 18.6 Å². The molecule has 0 spiro atoms. The Labute approximate surface area is 73.9 Å². The van der Waals surface area contributed by atoms with Crippen LogP contribution in [0, 0.1) is 0 Å². The number of allylic oxidation sites excluding steroid dienone is 4. The summed E-state index contributed by atoms with van der Waals surface area (Å²) in [5, 5.41) is 8.86. The molecule has 0 aliphatic heterocycles. The van der Waals surface area contributed by atoms with Crippen LogP contribution in [0.1, 0.15) is 20.3 Å². The summed E-state index contributed by atoms with van der Waals surface area (Å²) in [4.78, 5) is 0. The molecular weight excluding hydrogens is 152 g/mol. The van der Waals surface area contributed by atoms with Crippen molar-refractivity contribution >= 4 is 0 Å². The zero-order valence-electron chi connectivity index (χ0n) is 7.92. The maximum atomic E-state index is 8.86. The van der Waals surface area contributed by atoms with Crippen molar-refractivity contribution in [2.24, 2.45) is 0 Å². The minimum atomic E-state index is 0.187. The minimum absolute atomic E-state index is 0.187. The Balaban J connectivity index is 4.08. The van der Waals surface area contributed by atoms with E-state index in [2.05, 4.69) is 6.58 Å². The highest BCUT2D eigenvalue weighted by Crippen LogP contribution is 2.06. The topological polar surface area (TPSA) is 29.5 Å². The molecule has 68 valence electrons. The Bertz CT molecular complexity index is 212. The first-order valence-corrected chi connectivity index (χ1v) is 3.81. The molecule has 0 bridgehead atoms. The highest BCUT2D eigenvalue weighted by molar-refractivity contribution is 5.15. The number of hydrogen-bond donors (Lipinski definition) is 1. The van der Waals surface area contributed by atoms with Crippen LogP contribution < -0.4 is 0 Å². The van der Waals surface area contributed by atoms with Gasteiger partial charge in [-0.3, -0.25) is 0 Å². The molecular formula is C10H16O2. The standard InChI is InChI=1S/C10H16O2/c1-8(7-9(2)11)5-6-10(3)12-4/h5-6,11H,2,7H2,1,3-4H3/b8-5+,10-6+. The van der Waals surface area contributed by atoms with Gasteiger partial charge in [0.15, 0.2) is 0 Å². The van der Waals surface area contributed by atoms with Gasteiger partial charge in [0.1, 0.15) is 0 Å². The Kier molecular flexibility index (Phi) is 4.93. The second-order valence-corrected chi connectivity index (χ2v) is 2.74. The smallest absolute Gasteiger partial charge is 0.0924 e. The van der Waals surface area contributed by atoms with Crippen LogP contribution in [0.15, 0.2) is 35.8 Å². The number of rotatable bonds is 4. The minimum Gasteiger partial charge on any atom is -0.513 e. The van der Waals surface area contributed by atoms with Crippen LogP contribution in [-0.2, 0) is 4.74 Å². The van der Waals surface area contributed by atoms with Gasteiger partial charge < -0.3 is 9.84 Å². The molecule has 2 nitrogen and oxygen atoms in total. The maximum absolute atomic E-state index is 8.86. The summed E-state index contributed by atoms with van der Waals surface area (Å²) in [6.45, 7) is 7.21. The van der Waals surface area contributed by atoms with E-state index in [1.54, 1.807) is 7.11 Å². The van der Waals surface area contributed by atoms with E-state index in [1.807, 2.05) is 26.0 Å². The fourth-order valence-corrected chi connectivity index (χ4v) is 0.708. The van der Waals surface area contributed by atoms with E-state index in [9.17, 15) is 0 Å². The fraction of sp³-hybridized carbons (Fsp3) is 0.400. The molecule has 2 heteroatoms. The van der Waals surface area contributed by atoms with E-state index >= 15 is 0 Å². The zero-order valence-corrected chi connectivity index (χ0v) is 7.92. The summed E-state index contributed by atoms with van der Waals surface area (Å²) in [6, 6.07) is 0. The molecule has 0 aliphatic rings. The molecule has 0 saturated carbocycles. The second-order valence-electron chi connectivity index (χ2n) is 2.74. The largest absolute Gasteiger partial charge is 0.513 e. The number of methoxy groups -OCH3 is 1. The van der Waals surface area contributed by atoms with E-state index < -0.39 is 0 Å². The lowest BCUT2D eigenvalue weighted by molar-refractivity contribution is 0.293. The van der Waals surface area contributed by atoms with Crippen LogP contribution in [0.5, 0.6) is 0 Å². The highest BCUT2D eigenvalue weighted by Gasteiger charge is 1.90. The van der Waals surface area contributed by atoms with E-state index in [-0.39, 0.29) is 5.76 Å². The average Bonchev–Trinajstić information content (AvgIpc) is 1.99. The fourth-order valence-electron chi connectivity index (χ4n) is 0.708. The van der Waals surface area contributed by atoms with Crippen molar-refractivity contribution in [3.05, 3.63) is 35.8 Å². The third-order valence-electron chi connectivity index (χ3n) is 1.41. The molecule has 0 radical (unpaired) electrons. The van der Waals surface area contributed by atoms with Crippen LogP contribution in [-0.4, -0.2) is 12.2 Å². The van der Waals surface area contributed by atoms with Crippen molar-refractivity contribution < 1.29 is 9.84 Å². The van der Waals surface area contributed by atoms with Gasteiger partial charge in [0.2, 0.25) is 0 Å². The zero-order chi connectivity index (χ0) is 9.56. The van der Waals surface area contributed by atoms with Gasteiger partial charge in [-0.2, -0.15) is 0 Å². The molecule has 1 N–H and O–H groups in total. The van der Waals surface area contributed by atoms with Crippen molar-refractivity contribution in [1.29, 1.82) is 0 Å². The van der Waals surface area contributed by atoms with Gasteiger partial charge in [-0.05, 0) is 19.9 Å². The van der Waals surface area contributed by atoms with Crippen LogP contribution in [0.3, 0.4) is 0 Å². The maximum Gasteiger partial charge on any atom is 0.0924 e. The summed E-state index contributed by atoms with van der Waals surface area (Å²) in [5.74, 6) is 1.03. The van der Waals surface area contributed by atoms with Gasteiger partial charge >= 0.3 is 0 Å². The molecule has 0 atom stereocenters. The van der Waals surface area contributed by atoms with Gasteiger partial charge in [0, 0.05) is 6.42 Å². The molecule has 0 heterocycles. The monoisotopic (exact) mass is 168 g/mol. The Morgan fingerprint density at radius 3 is 2.42 bits per heavy atom. The van der Waals surface area contributed by atoms with Crippen molar-refractivity contribution in [3.8, 4) is 0 Å². The molecule has 0 fully saturated rings. The second kappa shape index (κ2) is 5.47. The molecule has 12 heavy (non-hydrogen) atoms. The summed E-state index contributed by atoms with van der Waals surface area (Å²) in [5.41, 5.74) is 1.05. The average molecular weight is 168 g/mol. The summed E-state index contributed by atoms with van der Waals surface area (Å²) in [6.07, 6.45) is 4.28. The third-order valence-corrected chi connectivity index (χ3v) is 1.41. The molecule has 0 saturated heterocycles. The van der Waals surface area contributed by atoms with E-state index in [4.69, 9.17) is 9.84 Å². The number of aliphatic hydroxyl groups excluding tert-OH is 1. The van der Waals surface area contributed by atoms with Gasteiger partial charge in [-0.1, -0.05) is 18.2 Å². The lowest BCUT2D eigenvalue weighted by atomic mass is 10.2. The molecule has 0 aliphatic carbocycles. The van der Waals surface area contributed by atoms with E-state index in [1.165, 1.54) is 0 Å². The Morgan fingerprint density at radius 1 is 1.42 bits per heavy atom. The van der Waals surface area contributed by atoms with Crippen LogP contribution in [0.2, 0.25) is 0 Å². The van der Waals surface area contributed by atoms with Gasteiger partial charge in [-0.15, -0.1) is 0 Å². The normalized spacial score (nSPS) is 12.9. The summed E-state index contributed by atoms with van der Waals surface area (Å²) >= 11 is 0. The number of hydrogen-bond acceptors (Lipinski definition) is 2. The van der Waals surface area contributed by atoms with Crippen molar-refractivity contribution in [2.75, 3.05) is 7.11 Å². The molecule has 0 amide bonds. The highest BCUT2D eigenvalue weighted by atomic mass is 16.5.